The van der Waals surface area contributed by atoms with Crippen molar-refractivity contribution in [2.45, 2.75) is 43.4 Å². The predicted molar refractivity (Wildman–Crippen MR) is 155 cm³/mol. The van der Waals surface area contributed by atoms with E-state index in [1.54, 1.807) is 36.6 Å². The molecule has 0 radical (unpaired) electrons. The highest BCUT2D eigenvalue weighted by atomic mass is 35.5. The van der Waals surface area contributed by atoms with Gasteiger partial charge in [0.25, 0.3) is 0 Å². The third-order valence-electron chi connectivity index (χ3n) is 6.38. The molecular weight excluding hydrogens is 562 g/mol. The van der Waals surface area contributed by atoms with Crippen LogP contribution in [-0.2, 0) is 15.2 Å². The lowest BCUT2D eigenvalue weighted by Gasteiger charge is -2.17. The van der Waals surface area contributed by atoms with Crippen LogP contribution in [0.1, 0.15) is 36.2 Å². The summed E-state index contributed by atoms with van der Waals surface area (Å²) in [6.07, 6.45) is 1.39. The Hall–Kier alpha value is -4.06. The summed E-state index contributed by atoms with van der Waals surface area (Å²) in [6.45, 7) is 6.42. The number of anilines is 1. The Kier molecular flexibility index (Phi) is 8.20. The molecule has 1 aliphatic rings. The average molecular weight is 588 g/mol. The van der Waals surface area contributed by atoms with Gasteiger partial charge in [0.1, 0.15) is 53.3 Å². The van der Waals surface area contributed by atoms with Crippen molar-refractivity contribution in [2.75, 3.05) is 18.9 Å². The molecule has 0 bridgehead atoms. The number of oxazole rings is 1. The standard InChI is InChI=1S/C30H26ClN5O4S/c1-17-10-19(6-9-25(17)31)28-35-20(13-38-28)16-41-29-24(12-33)26(23(11-32)27(34)36-29)18-4-7-21(8-5-18)37-14-22-15-39-30(2,3)40-22/h4-10,13,22H,14-16H2,1-3H3,(H2,34,36)/t22-/m1/s1. The zero-order valence-electron chi connectivity index (χ0n) is 22.6. The summed E-state index contributed by atoms with van der Waals surface area (Å²) < 4.78 is 22.9. The van der Waals surface area contributed by atoms with Crippen molar-refractivity contribution in [2.24, 2.45) is 0 Å². The second-order valence-electron chi connectivity index (χ2n) is 9.83. The molecule has 0 amide bonds. The van der Waals surface area contributed by atoms with Gasteiger partial charge in [-0.05, 0) is 62.2 Å². The Morgan fingerprint density at radius 2 is 1.83 bits per heavy atom. The Morgan fingerprint density at radius 1 is 1.10 bits per heavy atom. The molecule has 2 aromatic carbocycles. The van der Waals surface area contributed by atoms with Crippen LogP contribution in [0.3, 0.4) is 0 Å². The first-order valence-electron chi connectivity index (χ1n) is 12.7. The van der Waals surface area contributed by atoms with Gasteiger partial charge >= 0.3 is 0 Å². The second kappa shape index (κ2) is 11.8. The van der Waals surface area contributed by atoms with Gasteiger partial charge in [-0.25, -0.2) is 9.97 Å². The zero-order valence-corrected chi connectivity index (χ0v) is 24.2. The smallest absolute Gasteiger partial charge is 0.226 e. The quantitative estimate of drug-likeness (QED) is 0.227. The van der Waals surface area contributed by atoms with Gasteiger partial charge in [0.2, 0.25) is 5.89 Å². The van der Waals surface area contributed by atoms with Crippen LogP contribution in [0.2, 0.25) is 5.02 Å². The number of aryl methyl sites for hydroxylation is 1. The molecule has 4 aromatic rings. The molecule has 2 aromatic heterocycles. The van der Waals surface area contributed by atoms with Gasteiger partial charge < -0.3 is 24.4 Å². The fourth-order valence-electron chi connectivity index (χ4n) is 4.37. The molecule has 3 heterocycles. The first kappa shape index (κ1) is 28.5. The van der Waals surface area contributed by atoms with Gasteiger partial charge in [-0.3, -0.25) is 0 Å². The van der Waals surface area contributed by atoms with Crippen molar-refractivity contribution in [3.05, 3.63) is 76.1 Å². The first-order chi connectivity index (χ1) is 19.7. The van der Waals surface area contributed by atoms with Crippen LogP contribution in [0.25, 0.3) is 22.6 Å². The maximum absolute atomic E-state index is 10.1. The lowest BCUT2D eigenvalue weighted by Crippen LogP contribution is -2.25. The van der Waals surface area contributed by atoms with Crippen LogP contribution >= 0.6 is 23.4 Å². The molecule has 1 atom stereocenters. The molecule has 9 nitrogen and oxygen atoms in total. The van der Waals surface area contributed by atoms with Crippen molar-refractivity contribution in [3.63, 3.8) is 0 Å². The van der Waals surface area contributed by atoms with Crippen molar-refractivity contribution < 1.29 is 18.6 Å². The van der Waals surface area contributed by atoms with E-state index in [9.17, 15) is 10.5 Å². The number of nitrogens with two attached hydrogens (primary N) is 1. The van der Waals surface area contributed by atoms with Crippen molar-refractivity contribution in [1.29, 1.82) is 10.5 Å². The first-order valence-corrected chi connectivity index (χ1v) is 14.1. The zero-order chi connectivity index (χ0) is 29.1. The fraction of sp³-hybridized carbons (Fsp3) is 0.267. The molecule has 1 saturated heterocycles. The number of thioether (sulfide) groups is 1. The summed E-state index contributed by atoms with van der Waals surface area (Å²) in [5, 5.41) is 21.0. The minimum Gasteiger partial charge on any atom is -0.491 e. The summed E-state index contributed by atoms with van der Waals surface area (Å²) in [5.74, 6) is 0.879. The Labute approximate surface area is 246 Å². The summed E-state index contributed by atoms with van der Waals surface area (Å²) in [4.78, 5) is 8.94. The Morgan fingerprint density at radius 3 is 2.49 bits per heavy atom. The molecule has 0 aliphatic carbocycles. The van der Waals surface area contributed by atoms with E-state index >= 15 is 0 Å². The third-order valence-corrected chi connectivity index (χ3v) is 7.81. The lowest BCUT2D eigenvalue weighted by molar-refractivity contribution is -0.141. The second-order valence-corrected chi connectivity index (χ2v) is 11.2. The molecular formula is C30H26ClN5O4S. The topological polar surface area (TPSA) is 140 Å². The number of nitrogens with zero attached hydrogens (tertiary/aromatic N) is 4. The molecule has 1 aliphatic heterocycles. The average Bonchev–Trinajstić information content (AvgIpc) is 3.58. The van der Waals surface area contributed by atoms with Crippen LogP contribution in [-0.4, -0.2) is 35.1 Å². The van der Waals surface area contributed by atoms with E-state index in [-0.39, 0.29) is 23.0 Å². The number of pyridine rings is 1. The third kappa shape index (κ3) is 6.32. The van der Waals surface area contributed by atoms with Crippen LogP contribution in [0.15, 0.2) is 58.2 Å². The molecule has 0 unspecified atom stereocenters. The van der Waals surface area contributed by atoms with Crippen molar-refractivity contribution in [1.82, 2.24) is 9.97 Å². The maximum Gasteiger partial charge on any atom is 0.226 e. The van der Waals surface area contributed by atoms with Gasteiger partial charge in [-0.1, -0.05) is 35.5 Å². The number of ether oxygens (including phenoxy) is 3. The summed E-state index contributed by atoms with van der Waals surface area (Å²) in [6, 6.07) is 17.0. The van der Waals surface area contributed by atoms with Gasteiger partial charge in [0, 0.05) is 21.9 Å². The van der Waals surface area contributed by atoms with E-state index in [1.165, 1.54) is 11.8 Å². The summed E-state index contributed by atoms with van der Waals surface area (Å²) >= 11 is 7.42. The van der Waals surface area contributed by atoms with Crippen LogP contribution in [0.4, 0.5) is 5.82 Å². The molecule has 2 N–H and O–H groups in total. The summed E-state index contributed by atoms with van der Waals surface area (Å²) in [5.41, 5.74) is 10.0. The van der Waals surface area contributed by atoms with Crippen LogP contribution in [0.5, 0.6) is 5.75 Å². The highest BCUT2D eigenvalue weighted by Gasteiger charge is 2.33. The van der Waals surface area contributed by atoms with E-state index in [2.05, 4.69) is 22.1 Å². The minimum absolute atomic E-state index is 0.0443. The maximum atomic E-state index is 10.1. The predicted octanol–water partition coefficient (Wildman–Crippen LogP) is 6.51. The van der Waals surface area contributed by atoms with E-state index < -0.39 is 5.79 Å². The van der Waals surface area contributed by atoms with Gasteiger partial charge in [-0.15, -0.1) is 0 Å². The Bertz CT molecular complexity index is 1670. The number of rotatable bonds is 8. The summed E-state index contributed by atoms with van der Waals surface area (Å²) in [7, 11) is 0. The van der Waals surface area contributed by atoms with Gasteiger partial charge in [-0.2, -0.15) is 10.5 Å². The molecule has 1 fully saturated rings. The number of nitriles is 2. The lowest BCUT2D eigenvalue weighted by atomic mass is 9.97. The molecule has 0 saturated carbocycles. The van der Waals surface area contributed by atoms with E-state index in [1.807, 2.05) is 32.9 Å². The monoisotopic (exact) mass is 587 g/mol. The number of benzene rings is 2. The largest absolute Gasteiger partial charge is 0.491 e. The number of nitrogen functional groups attached to an aromatic ring is 1. The number of aromatic nitrogens is 2. The van der Waals surface area contributed by atoms with Crippen LogP contribution < -0.4 is 10.5 Å². The fourth-order valence-corrected chi connectivity index (χ4v) is 5.36. The molecule has 5 rings (SSSR count). The van der Waals surface area contributed by atoms with Crippen molar-refractivity contribution >= 4 is 29.2 Å². The minimum atomic E-state index is -0.623. The SMILES string of the molecule is Cc1cc(-c2nc(CSc3nc(N)c(C#N)c(-c4ccc(OC[C@@H]5COC(C)(C)O5)cc4)c3C#N)co2)ccc1Cl. The number of halogens is 1. The number of hydrogen-bond donors (Lipinski definition) is 1. The Balaban J connectivity index is 1.35. The highest BCUT2D eigenvalue weighted by Crippen LogP contribution is 2.37. The normalized spacial score (nSPS) is 15.8. The highest BCUT2D eigenvalue weighted by molar-refractivity contribution is 7.98. The molecule has 208 valence electrons. The molecule has 41 heavy (non-hydrogen) atoms. The molecule has 0 spiro atoms. The van der Waals surface area contributed by atoms with E-state index in [0.717, 1.165) is 11.1 Å². The van der Waals surface area contributed by atoms with E-state index in [4.69, 9.17) is 36.0 Å². The van der Waals surface area contributed by atoms with E-state index in [0.29, 0.717) is 57.5 Å². The van der Waals surface area contributed by atoms with Crippen molar-refractivity contribution in [3.8, 4) is 40.5 Å². The van der Waals surface area contributed by atoms with Gasteiger partial charge in [0.05, 0.1) is 17.9 Å². The van der Waals surface area contributed by atoms with Crippen LogP contribution in [0, 0.1) is 29.6 Å². The number of hydrogen-bond acceptors (Lipinski definition) is 10. The van der Waals surface area contributed by atoms with Gasteiger partial charge in [0.15, 0.2) is 5.79 Å². The molecule has 11 heteroatoms.